The monoisotopic (exact) mass is 321 g/mol. The van der Waals surface area contributed by atoms with Gasteiger partial charge in [0, 0.05) is 6.20 Å². The fraction of sp³-hybridized carbons (Fsp3) is 0.0556. The first kappa shape index (κ1) is 13.9. The molecule has 0 saturated carbocycles. The lowest BCUT2D eigenvalue weighted by molar-refractivity contribution is 0.0968. The second-order valence-electron chi connectivity index (χ2n) is 5.29. The van der Waals surface area contributed by atoms with E-state index in [0.717, 1.165) is 21.8 Å². The Hall–Kier alpha value is -2.72. The number of halogens is 1. The number of hydrogen-bond donors (Lipinski definition) is 0. The van der Waals surface area contributed by atoms with Gasteiger partial charge in [0.05, 0.1) is 17.6 Å². The number of ketones is 1. The van der Waals surface area contributed by atoms with E-state index in [1.807, 2.05) is 36.4 Å². The SMILES string of the molecule is O=C(Cn1c(Cl)nc2cc3ccccc3cc21)c1ccccn1. The Balaban J connectivity index is 1.81. The highest BCUT2D eigenvalue weighted by atomic mass is 35.5. The summed E-state index contributed by atoms with van der Waals surface area (Å²) in [5, 5.41) is 2.49. The molecule has 23 heavy (non-hydrogen) atoms. The zero-order valence-corrected chi connectivity index (χ0v) is 12.9. The number of carbonyl (C=O) groups excluding carboxylic acids is 1. The highest BCUT2D eigenvalue weighted by molar-refractivity contribution is 6.29. The third kappa shape index (κ3) is 2.47. The predicted molar refractivity (Wildman–Crippen MR) is 90.8 cm³/mol. The molecular formula is C18H12ClN3O. The molecule has 0 fully saturated rings. The van der Waals surface area contributed by atoms with Crippen molar-refractivity contribution >= 4 is 39.2 Å². The summed E-state index contributed by atoms with van der Waals surface area (Å²) >= 11 is 6.25. The van der Waals surface area contributed by atoms with Crippen molar-refractivity contribution in [2.24, 2.45) is 0 Å². The normalized spacial score (nSPS) is 11.2. The molecule has 0 aliphatic heterocycles. The average Bonchev–Trinajstić information content (AvgIpc) is 2.88. The van der Waals surface area contributed by atoms with Crippen molar-refractivity contribution in [1.82, 2.24) is 14.5 Å². The maximum absolute atomic E-state index is 12.4. The predicted octanol–water partition coefficient (Wildman–Crippen LogP) is 4.12. The number of pyridine rings is 1. The minimum Gasteiger partial charge on any atom is -0.307 e. The summed E-state index contributed by atoms with van der Waals surface area (Å²) in [5.41, 5.74) is 2.05. The fourth-order valence-electron chi connectivity index (χ4n) is 2.68. The number of benzene rings is 2. The summed E-state index contributed by atoms with van der Waals surface area (Å²) in [6.45, 7) is 0.116. The van der Waals surface area contributed by atoms with E-state index in [1.54, 1.807) is 29.0 Å². The van der Waals surface area contributed by atoms with Crippen molar-refractivity contribution in [3.05, 3.63) is 71.8 Å². The van der Waals surface area contributed by atoms with Gasteiger partial charge in [-0.05, 0) is 46.6 Å². The van der Waals surface area contributed by atoms with E-state index < -0.39 is 0 Å². The second kappa shape index (κ2) is 5.48. The van der Waals surface area contributed by atoms with Gasteiger partial charge in [-0.3, -0.25) is 9.78 Å². The smallest absolute Gasteiger partial charge is 0.204 e. The summed E-state index contributed by atoms with van der Waals surface area (Å²) in [5.74, 6) is -0.0973. The zero-order valence-electron chi connectivity index (χ0n) is 12.1. The molecule has 4 rings (SSSR count). The molecule has 0 aliphatic rings. The quantitative estimate of drug-likeness (QED) is 0.533. The summed E-state index contributed by atoms with van der Waals surface area (Å²) in [6.07, 6.45) is 1.61. The average molecular weight is 322 g/mol. The molecule has 0 saturated heterocycles. The van der Waals surface area contributed by atoms with Crippen LogP contribution >= 0.6 is 11.6 Å². The van der Waals surface area contributed by atoms with Crippen molar-refractivity contribution in [3.8, 4) is 0 Å². The lowest BCUT2D eigenvalue weighted by Gasteiger charge is -2.05. The molecule has 0 aliphatic carbocycles. The highest BCUT2D eigenvalue weighted by Gasteiger charge is 2.15. The highest BCUT2D eigenvalue weighted by Crippen LogP contribution is 2.25. The number of carbonyl (C=O) groups is 1. The van der Waals surface area contributed by atoms with E-state index in [4.69, 9.17) is 11.6 Å². The van der Waals surface area contributed by atoms with Crippen molar-refractivity contribution in [3.63, 3.8) is 0 Å². The maximum Gasteiger partial charge on any atom is 0.204 e. The molecule has 4 nitrogen and oxygen atoms in total. The van der Waals surface area contributed by atoms with Crippen LogP contribution in [0, 0.1) is 0 Å². The van der Waals surface area contributed by atoms with Gasteiger partial charge in [-0.15, -0.1) is 0 Å². The van der Waals surface area contributed by atoms with Gasteiger partial charge in [0.15, 0.2) is 0 Å². The maximum atomic E-state index is 12.4. The molecule has 0 amide bonds. The lowest BCUT2D eigenvalue weighted by atomic mass is 10.1. The lowest BCUT2D eigenvalue weighted by Crippen LogP contribution is -2.11. The van der Waals surface area contributed by atoms with Crippen LogP contribution in [-0.4, -0.2) is 20.3 Å². The molecule has 4 aromatic rings. The summed E-state index contributed by atoms with van der Waals surface area (Å²) < 4.78 is 1.72. The van der Waals surface area contributed by atoms with Crippen LogP contribution in [0.5, 0.6) is 0 Å². The van der Waals surface area contributed by atoms with Crippen LogP contribution in [0.25, 0.3) is 21.8 Å². The van der Waals surface area contributed by atoms with Crippen molar-refractivity contribution in [2.45, 2.75) is 6.54 Å². The van der Waals surface area contributed by atoms with Crippen LogP contribution in [0.1, 0.15) is 10.5 Å². The van der Waals surface area contributed by atoms with Gasteiger partial charge >= 0.3 is 0 Å². The molecule has 112 valence electrons. The molecule has 2 heterocycles. The minimum atomic E-state index is -0.0973. The third-order valence-electron chi connectivity index (χ3n) is 3.82. The van der Waals surface area contributed by atoms with Gasteiger partial charge in [0.2, 0.25) is 11.1 Å². The summed E-state index contributed by atoms with van der Waals surface area (Å²) in [7, 11) is 0. The molecule has 5 heteroatoms. The van der Waals surface area contributed by atoms with Crippen LogP contribution in [0.3, 0.4) is 0 Å². The van der Waals surface area contributed by atoms with E-state index in [2.05, 4.69) is 9.97 Å². The van der Waals surface area contributed by atoms with Gasteiger partial charge in [-0.2, -0.15) is 0 Å². The molecule has 2 aromatic heterocycles. The van der Waals surface area contributed by atoms with Crippen LogP contribution < -0.4 is 0 Å². The van der Waals surface area contributed by atoms with E-state index >= 15 is 0 Å². The number of Topliss-reactive ketones (excluding diaryl/α,β-unsaturated/α-hetero) is 1. The summed E-state index contributed by atoms with van der Waals surface area (Å²) in [6, 6.07) is 17.3. The largest absolute Gasteiger partial charge is 0.307 e. The van der Waals surface area contributed by atoms with Gasteiger partial charge < -0.3 is 4.57 Å². The van der Waals surface area contributed by atoms with Crippen LogP contribution in [0.2, 0.25) is 5.28 Å². The van der Waals surface area contributed by atoms with Gasteiger partial charge in [-0.25, -0.2) is 4.98 Å². The molecular weight excluding hydrogens is 310 g/mol. The molecule has 0 unspecified atom stereocenters. The van der Waals surface area contributed by atoms with E-state index in [0.29, 0.717) is 11.0 Å². The molecule has 0 atom stereocenters. The van der Waals surface area contributed by atoms with Gasteiger partial charge in [-0.1, -0.05) is 30.3 Å². The van der Waals surface area contributed by atoms with Crippen LogP contribution in [-0.2, 0) is 6.54 Å². The Morgan fingerprint density at radius 2 is 1.78 bits per heavy atom. The number of hydrogen-bond acceptors (Lipinski definition) is 3. The van der Waals surface area contributed by atoms with Crippen molar-refractivity contribution < 1.29 is 4.79 Å². The number of rotatable bonds is 3. The van der Waals surface area contributed by atoms with Crippen LogP contribution in [0.4, 0.5) is 0 Å². The number of nitrogens with zero attached hydrogens (tertiary/aromatic N) is 3. The molecule has 0 spiro atoms. The van der Waals surface area contributed by atoms with Gasteiger partial charge in [0.1, 0.15) is 5.69 Å². The van der Waals surface area contributed by atoms with Crippen molar-refractivity contribution in [2.75, 3.05) is 0 Å². The van der Waals surface area contributed by atoms with Crippen LogP contribution in [0.15, 0.2) is 60.8 Å². The Morgan fingerprint density at radius 1 is 1.04 bits per heavy atom. The van der Waals surface area contributed by atoms with E-state index in [-0.39, 0.29) is 12.3 Å². The fourth-order valence-corrected chi connectivity index (χ4v) is 2.93. The first-order valence-corrected chi connectivity index (χ1v) is 7.59. The van der Waals surface area contributed by atoms with E-state index in [9.17, 15) is 4.79 Å². The zero-order chi connectivity index (χ0) is 15.8. The third-order valence-corrected chi connectivity index (χ3v) is 4.11. The van der Waals surface area contributed by atoms with Crippen molar-refractivity contribution in [1.29, 1.82) is 0 Å². The molecule has 0 bridgehead atoms. The van der Waals surface area contributed by atoms with E-state index in [1.165, 1.54) is 0 Å². The standard InChI is InChI=1S/C18H12ClN3O/c19-18-21-15-9-12-5-1-2-6-13(12)10-16(15)22(18)11-17(23)14-7-3-4-8-20-14/h1-10H,11H2. The first-order chi connectivity index (χ1) is 11.2. The molecule has 0 N–H and O–H groups in total. The number of fused-ring (bicyclic) bond motifs is 2. The second-order valence-corrected chi connectivity index (χ2v) is 5.63. The topological polar surface area (TPSA) is 47.8 Å². The number of imidazole rings is 1. The molecule has 0 radical (unpaired) electrons. The minimum absolute atomic E-state index is 0.0973. The Bertz CT molecular complexity index is 1020. The first-order valence-electron chi connectivity index (χ1n) is 7.21. The number of aromatic nitrogens is 3. The Morgan fingerprint density at radius 3 is 2.52 bits per heavy atom. The summed E-state index contributed by atoms with van der Waals surface area (Å²) in [4.78, 5) is 20.9. The molecule has 2 aromatic carbocycles. The Kier molecular flexibility index (Phi) is 3.32. The van der Waals surface area contributed by atoms with Gasteiger partial charge in [0.25, 0.3) is 0 Å². The Labute approximate surface area is 137 Å².